The molecule has 0 aromatic rings. The molecule has 0 saturated heterocycles. The van der Waals surface area contributed by atoms with Crippen LogP contribution in [0.5, 0.6) is 0 Å². The van der Waals surface area contributed by atoms with E-state index in [2.05, 4.69) is 27.7 Å². The van der Waals surface area contributed by atoms with E-state index in [0.29, 0.717) is 19.3 Å². The smallest absolute Gasteiger partial charge is 0.306 e. The van der Waals surface area contributed by atoms with Crippen molar-refractivity contribution in [2.45, 2.75) is 246 Å². The van der Waals surface area contributed by atoms with E-state index in [4.69, 9.17) is 14.2 Å². The topological polar surface area (TPSA) is 78.9 Å². The molecular formula is C44H84O6. The Labute approximate surface area is 310 Å². The summed E-state index contributed by atoms with van der Waals surface area (Å²) in [7, 11) is 0. The van der Waals surface area contributed by atoms with E-state index in [1.807, 2.05) is 0 Å². The number of unbranched alkanes of at least 4 members (excludes halogenated alkanes) is 26. The van der Waals surface area contributed by atoms with E-state index in [-0.39, 0.29) is 31.1 Å². The van der Waals surface area contributed by atoms with Gasteiger partial charge in [-0.1, -0.05) is 201 Å². The van der Waals surface area contributed by atoms with Crippen molar-refractivity contribution in [3.8, 4) is 0 Å². The Bertz CT molecular complexity index is 751. The molecule has 0 bridgehead atoms. The molecule has 0 aromatic heterocycles. The van der Waals surface area contributed by atoms with Gasteiger partial charge in [0, 0.05) is 19.3 Å². The first-order valence-electron chi connectivity index (χ1n) is 21.9. The van der Waals surface area contributed by atoms with Crippen LogP contribution in [0.4, 0.5) is 0 Å². The van der Waals surface area contributed by atoms with Gasteiger partial charge in [-0.2, -0.15) is 0 Å². The van der Waals surface area contributed by atoms with Crippen molar-refractivity contribution in [3.05, 3.63) is 0 Å². The fourth-order valence-corrected chi connectivity index (χ4v) is 6.45. The second-order valence-corrected chi connectivity index (χ2v) is 15.5. The highest BCUT2D eigenvalue weighted by molar-refractivity contribution is 5.71. The zero-order valence-corrected chi connectivity index (χ0v) is 33.9. The molecule has 0 heterocycles. The molecule has 0 aliphatic carbocycles. The van der Waals surface area contributed by atoms with E-state index in [1.165, 1.54) is 128 Å². The molecule has 0 aliphatic heterocycles. The SMILES string of the molecule is CCCCCCCCCCCCCCCCC(=O)OC[C@@H](COC(=O)CCCCCCC)OC(=O)CCCCCCCCCCCCC(C)C. The Morgan fingerprint density at radius 3 is 0.980 bits per heavy atom. The summed E-state index contributed by atoms with van der Waals surface area (Å²) in [5.74, 6) is -0.0543. The zero-order chi connectivity index (χ0) is 36.8. The Balaban J connectivity index is 4.20. The average Bonchev–Trinajstić information content (AvgIpc) is 3.09. The van der Waals surface area contributed by atoms with E-state index in [9.17, 15) is 14.4 Å². The monoisotopic (exact) mass is 709 g/mol. The minimum Gasteiger partial charge on any atom is -0.462 e. The van der Waals surface area contributed by atoms with Crippen molar-refractivity contribution in [3.63, 3.8) is 0 Å². The molecule has 0 radical (unpaired) electrons. The Hall–Kier alpha value is -1.59. The van der Waals surface area contributed by atoms with Crippen molar-refractivity contribution in [1.29, 1.82) is 0 Å². The van der Waals surface area contributed by atoms with Gasteiger partial charge in [0.2, 0.25) is 0 Å². The molecule has 0 spiro atoms. The van der Waals surface area contributed by atoms with Gasteiger partial charge in [-0.25, -0.2) is 0 Å². The van der Waals surface area contributed by atoms with E-state index < -0.39 is 6.10 Å². The minimum atomic E-state index is -0.757. The largest absolute Gasteiger partial charge is 0.462 e. The van der Waals surface area contributed by atoms with Crippen molar-refractivity contribution < 1.29 is 28.6 Å². The normalized spacial score (nSPS) is 11.9. The van der Waals surface area contributed by atoms with Crippen LogP contribution in [0.3, 0.4) is 0 Å². The lowest BCUT2D eigenvalue weighted by molar-refractivity contribution is -0.167. The summed E-state index contributed by atoms with van der Waals surface area (Å²) in [5.41, 5.74) is 0. The predicted octanol–water partition coefficient (Wildman–Crippen LogP) is 13.6. The molecule has 0 rings (SSSR count). The molecule has 50 heavy (non-hydrogen) atoms. The lowest BCUT2D eigenvalue weighted by atomic mass is 10.0. The summed E-state index contributed by atoms with van der Waals surface area (Å²) in [4.78, 5) is 37.4. The molecule has 0 amide bonds. The van der Waals surface area contributed by atoms with Gasteiger partial charge in [0.1, 0.15) is 13.2 Å². The molecule has 0 fully saturated rings. The van der Waals surface area contributed by atoms with Crippen molar-refractivity contribution >= 4 is 17.9 Å². The van der Waals surface area contributed by atoms with Crippen LogP contribution >= 0.6 is 0 Å². The van der Waals surface area contributed by atoms with Gasteiger partial charge in [-0.15, -0.1) is 0 Å². The highest BCUT2D eigenvalue weighted by atomic mass is 16.6. The quantitative estimate of drug-likeness (QED) is 0.0359. The van der Waals surface area contributed by atoms with Crippen LogP contribution in [-0.4, -0.2) is 37.2 Å². The molecule has 0 aromatic carbocycles. The number of carbonyl (C=O) groups excluding carboxylic acids is 3. The fourth-order valence-electron chi connectivity index (χ4n) is 6.45. The number of hydrogen-bond donors (Lipinski definition) is 0. The number of esters is 3. The standard InChI is InChI=1S/C44H84O6/c1-5-7-9-11-12-13-14-15-16-17-21-24-28-32-36-43(46)49-39-41(38-48-42(45)35-31-26-10-8-6-2)50-44(47)37-33-29-25-22-19-18-20-23-27-30-34-40(3)4/h40-41H,5-39H2,1-4H3/t41-/m1/s1. The van der Waals surface area contributed by atoms with Gasteiger partial charge in [0.15, 0.2) is 6.10 Å². The van der Waals surface area contributed by atoms with Crippen LogP contribution in [-0.2, 0) is 28.6 Å². The first-order chi connectivity index (χ1) is 24.4. The highest BCUT2D eigenvalue weighted by Gasteiger charge is 2.19. The van der Waals surface area contributed by atoms with Crippen LogP contribution < -0.4 is 0 Å². The van der Waals surface area contributed by atoms with Crippen LogP contribution in [0.15, 0.2) is 0 Å². The number of carbonyl (C=O) groups is 3. The van der Waals surface area contributed by atoms with Gasteiger partial charge < -0.3 is 14.2 Å². The predicted molar refractivity (Wildman–Crippen MR) is 210 cm³/mol. The van der Waals surface area contributed by atoms with E-state index in [0.717, 1.165) is 70.1 Å². The van der Waals surface area contributed by atoms with Gasteiger partial charge >= 0.3 is 17.9 Å². The molecule has 6 nitrogen and oxygen atoms in total. The molecule has 1 atom stereocenters. The Morgan fingerprint density at radius 1 is 0.380 bits per heavy atom. The molecule has 6 heteroatoms. The molecule has 0 aliphatic rings. The zero-order valence-electron chi connectivity index (χ0n) is 33.9. The second-order valence-electron chi connectivity index (χ2n) is 15.5. The van der Waals surface area contributed by atoms with Gasteiger partial charge in [-0.3, -0.25) is 14.4 Å². The molecule has 296 valence electrons. The Kier molecular flexibility index (Phi) is 37.4. The summed E-state index contributed by atoms with van der Waals surface area (Å²) in [6.45, 7) is 8.90. The summed E-state index contributed by atoms with van der Waals surface area (Å²) in [6, 6.07) is 0. The van der Waals surface area contributed by atoms with Crippen LogP contribution in [0.25, 0.3) is 0 Å². The third kappa shape index (κ3) is 37.7. The summed E-state index contributed by atoms with van der Waals surface area (Å²) in [5, 5.41) is 0. The van der Waals surface area contributed by atoms with E-state index in [1.54, 1.807) is 0 Å². The molecule has 0 saturated carbocycles. The summed E-state index contributed by atoms with van der Waals surface area (Å²) < 4.78 is 16.6. The van der Waals surface area contributed by atoms with Crippen LogP contribution in [0.2, 0.25) is 0 Å². The van der Waals surface area contributed by atoms with Crippen molar-refractivity contribution in [2.75, 3.05) is 13.2 Å². The number of hydrogen-bond acceptors (Lipinski definition) is 6. The van der Waals surface area contributed by atoms with Gasteiger partial charge in [-0.05, 0) is 25.2 Å². The van der Waals surface area contributed by atoms with Crippen LogP contribution in [0.1, 0.15) is 240 Å². The molecule has 0 unspecified atom stereocenters. The maximum absolute atomic E-state index is 12.6. The van der Waals surface area contributed by atoms with Crippen molar-refractivity contribution in [1.82, 2.24) is 0 Å². The summed E-state index contributed by atoms with van der Waals surface area (Å²) >= 11 is 0. The van der Waals surface area contributed by atoms with E-state index >= 15 is 0 Å². The third-order valence-electron chi connectivity index (χ3n) is 9.79. The molecular weight excluding hydrogens is 624 g/mol. The maximum atomic E-state index is 12.6. The molecule has 0 N–H and O–H groups in total. The second kappa shape index (κ2) is 38.6. The van der Waals surface area contributed by atoms with Gasteiger partial charge in [0.05, 0.1) is 0 Å². The number of ether oxygens (including phenoxy) is 3. The minimum absolute atomic E-state index is 0.0651. The highest BCUT2D eigenvalue weighted by Crippen LogP contribution is 2.16. The first kappa shape index (κ1) is 48.4. The van der Waals surface area contributed by atoms with Gasteiger partial charge in [0.25, 0.3) is 0 Å². The summed E-state index contributed by atoms with van der Waals surface area (Å²) in [6.07, 6.45) is 36.8. The Morgan fingerprint density at radius 2 is 0.660 bits per heavy atom. The maximum Gasteiger partial charge on any atom is 0.306 e. The number of rotatable bonds is 39. The van der Waals surface area contributed by atoms with Crippen molar-refractivity contribution in [2.24, 2.45) is 5.92 Å². The average molecular weight is 709 g/mol. The lowest BCUT2D eigenvalue weighted by Gasteiger charge is -2.18. The third-order valence-corrected chi connectivity index (χ3v) is 9.79. The lowest BCUT2D eigenvalue weighted by Crippen LogP contribution is -2.30. The first-order valence-corrected chi connectivity index (χ1v) is 21.9. The fraction of sp³-hybridized carbons (Fsp3) is 0.932. The van der Waals surface area contributed by atoms with Crippen LogP contribution in [0, 0.1) is 5.92 Å².